The second kappa shape index (κ2) is 18.9. The Balaban J connectivity index is 2.89. The average Bonchev–Trinajstić information content (AvgIpc) is 2.88. The molecule has 0 spiro atoms. The molecule has 0 saturated carbocycles. The lowest BCUT2D eigenvalue weighted by Gasteiger charge is -2.53. The Kier molecular flexibility index (Phi) is 17.7. The van der Waals surface area contributed by atoms with Crippen LogP contribution in [0.1, 0.15) is 6.92 Å². The number of amides is 1. The van der Waals surface area contributed by atoms with E-state index in [9.17, 15) is 4.79 Å². The maximum atomic E-state index is 13.1. The second-order valence-electron chi connectivity index (χ2n) is 21.8. The smallest absolute Gasteiger partial charge is 0.217 e. The van der Waals surface area contributed by atoms with E-state index in [0.717, 1.165) is 0 Å². The van der Waals surface area contributed by atoms with Gasteiger partial charge in [0.05, 0.1) is 19.3 Å². The molecule has 2 aliphatic rings. The van der Waals surface area contributed by atoms with Gasteiger partial charge in [-0.15, -0.1) is 0 Å². The van der Waals surface area contributed by atoms with Crippen molar-refractivity contribution in [2.45, 2.75) is 206 Å². The number of ether oxygens (including phenoxy) is 3. The topological polar surface area (TPSA) is 121 Å². The fourth-order valence-electron chi connectivity index (χ4n) is 6.16. The van der Waals surface area contributed by atoms with Crippen LogP contribution < -0.4 is 5.32 Å². The van der Waals surface area contributed by atoms with Gasteiger partial charge in [0.15, 0.2) is 70.8 Å². The third-order valence-corrected chi connectivity index (χ3v) is 14.6. The van der Waals surface area contributed by atoms with Gasteiger partial charge in [-0.25, -0.2) is 0 Å². The quantitative estimate of drug-likeness (QED) is 0.128. The Bertz CT molecular complexity index is 1190. The van der Waals surface area contributed by atoms with Gasteiger partial charge in [0, 0.05) is 6.92 Å². The average molecular weight is 889 g/mol. The minimum atomic E-state index is -2.26. The van der Waals surface area contributed by atoms with Crippen LogP contribution in [-0.4, -0.2) is 139 Å². The van der Waals surface area contributed by atoms with Crippen molar-refractivity contribution in [3.8, 4) is 0 Å². The van der Waals surface area contributed by atoms with Crippen molar-refractivity contribution in [2.75, 3.05) is 13.2 Å². The maximum absolute atomic E-state index is 13.1. The summed E-state index contributed by atoms with van der Waals surface area (Å²) in [5.41, 5.74) is 0. The molecule has 2 heterocycles. The molecule has 12 nitrogen and oxygen atoms in total. The monoisotopic (exact) mass is 887 g/mol. The highest BCUT2D eigenvalue weighted by Gasteiger charge is 2.56. The highest BCUT2D eigenvalue weighted by molar-refractivity contribution is 6.72. The molecule has 19 heteroatoms. The molecule has 0 radical (unpaired) electrons. The van der Waals surface area contributed by atoms with E-state index in [1.54, 1.807) is 0 Å². The fourth-order valence-corrected chi connectivity index (χ4v) is 12.7. The Labute approximate surface area is 337 Å². The van der Waals surface area contributed by atoms with Gasteiger partial charge < -0.3 is 50.5 Å². The van der Waals surface area contributed by atoms with E-state index in [1.807, 2.05) is 0 Å². The van der Waals surface area contributed by atoms with Gasteiger partial charge in [-0.2, -0.15) is 0 Å². The third kappa shape index (κ3) is 19.1. The first-order chi connectivity index (χ1) is 23.9. The number of carbonyl (C=O) groups is 1. The standard InChI is InChI=1S/C35H81NO11Si7/c1-25(37)36-28-31(44-51(11,12)13)30(43-50(8,9)10)27(24-39-49(5,6)7)40-34(28)42-29-26(23-38-48(2,3)4)41-35(47-54(20,21)22)33(46-53(17,18)19)32(29)45-52(14,15)16/h26-35H,23-24H2,1-22H3,(H,36,37)/t26-,27-,28-,29+,30+,31-,32+,33-,34+,35?/m1/s1. The lowest BCUT2D eigenvalue weighted by molar-refractivity contribution is -0.332. The molecular formula is C35H81NO11Si7. The molecule has 0 bridgehead atoms. The first-order valence-corrected chi connectivity index (χ1v) is 43.7. The lowest BCUT2D eigenvalue weighted by Crippen LogP contribution is -2.71. The zero-order valence-corrected chi connectivity index (χ0v) is 45.2. The van der Waals surface area contributed by atoms with Gasteiger partial charge in [0.25, 0.3) is 0 Å². The van der Waals surface area contributed by atoms with Gasteiger partial charge in [0.2, 0.25) is 5.91 Å². The molecule has 0 aromatic carbocycles. The molecule has 1 unspecified atom stereocenters. The molecule has 2 saturated heterocycles. The van der Waals surface area contributed by atoms with E-state index in [1.165, 1.54) is 6.92 Å². The second-order valence-corrected chi connectivity index (χ2v) is 53.1. The molecule has 320 valence electrons. The van der Waals surface area contributed by atoms with Crippen LogP contribution in [0.4, 0.5) is 0 Å². The summed E-state index contributed by atoms with van der Waals surface area (Å²) in [6, 6.07) is -0.711. The van der Waals surface area contributed by atoms with Gasteiger partial charge in [0.1, 0.15) is 42.7 Å². The van der Waals surface area contributed by atoms with Crippen molar-refractivity contribution in [1.82, 2.24) is 5.32 Å². The number of hydrogen-bond acceptors (Lipinski definition) is 11. The van der Waals surface area contributed by atoms with Crippen LogP contribution in [0.5, 0.6) is 0 Å². The van der Waals surface area contributed by atoms with E-state index < -0.39 is 120 Å². The highest BCUT2D eigenvalue weighted by atomic mass is 28.4. The Morgan fingerprint density at radius 1 is 0.444 bits per heavy atom. The summed E-state index contributed by atoms with van der Waals surface area (Å²) < 4.78 is 69.3. The Morgan fingerprint density at radius 3 is 1.19 bits per heavy atom. The zero-order valence-electron chi connectivity index (χ0n) is 38.2. The molecule has 54 heavy (non-hydrogen) atoms. The molecule has 10 atom stereocenters. The van der Waals surface area contributed by atoms with Gasteiger partial charge in [-0.05, 0) is 137 Å². The van der Waals surface area contributed by atoms with E-state index in [0.29, 0.717) is 6.61 Å². The predicted molar refractivity (Wildman–Crippen MR) is 236 cm³/mol. The normalized spacial score (nSPS) is 31.1. The van der Waals surface area contributed by atoms with Gasteiger partial charge in [-0.1, -0.05) is 0 Å². The Hall–Kier alpha value is 0.588. The summed E-state index contributed by atoms with van der Waals surface area (Å²) in [7, 11) is -15.0. The van der Waals surface area contributed by atoms with E-state index >= 15 is 0 Å². The van der Waals surface area contributed by atoms with Crippen LogP contribution >= 0.6 is 0 Å². The molecule has 0 aromatic heterocycles. The molecule has 1 N–H and O–H groups in total. The minimum absolute atomic E-state index is 0.220. The van der Waals surface area contributed by atoms with Crippen LogP contribution in [-0.2, 0) is 50.0 Å². The number of rotatable bonds is 19. The first kappa shape index (κ1) is 50.7. The maximum Gasteiger partial charge on any atom is 0.217 e. The van der Waals surface area contributed by atoms with Crippen LogP contribution in [0, 0.1) is 0 Å². The van der Waals surface area contributed by atoms with Crippen LogP contribution in [0.2, 0.25) is 137 Å². The van der Waals surface area contributed by atoms with E-state index in [4.69, 9.17) is 45.2 Å². The van der Waals surface area contributed by atoms with Gasteiger partial charge >= 0.3 is 0 Å². The summed E-state index contributed by atoms with van der Waals surface area (Å²) in [6.45, 7) is 47.4. The van der Waals surface area contributed by atoms with Crippen molar-refractivity contribution in [2.24, 2.45) is 0 Å². The van der Waals surface area contributed by atoms with Crippen molar-refractivity contribution < 1.29 is 50.0 Å². The van der Waals surface area contributed by atoms with Crippen LogP contribution in [0.15, 0.2) is 0 Å². The summed E-state index contributed by atoms with van der Waals surface area (Å²) in [4.78, 5) is 13.1. The minimum Gasteiger partial charge on any atom is -0.415 e. The molecule has 2 rings (SSSR count). The molecule has 2 aliphatic heterocycles. The van der Waals surface area contributed by atoms with Crippen molar-refractivity contribution >= 4 is 64.1 Å². The third-order valence-electron chi connectivity index (χ3n) is 7.69. The van der Waals surface area contributed by atoms with Crippen molar-refractivity contribution in [3.05, 3.63) is 0 Å². The largest absolute Gasteiger partial charge is 0.415 e. The van der Waals surface area contributed by atoms with Crippen molar-refractivity contribution in [1.29, 1.82) is 0 Å². The van der Waals surface area contributed by atoms with Crippen LogP contribution in [0.25, 0.3) is 0 Å². The molecular weight excluding hydrogens is 807 g/mol. The molecule has 0 aliphatic carbocycles. The van der Waals surface area contributed by atoms with E-state index in [-0.39, 0.29) is 12.5 Å². The van der Waals surface area contributed by atoms with E-state index in [2.05, 4.69) is 143 Å². The summed E-state index contributed by atoms with van der Waals surface area (Å²) >= 11 is 0. The first-order valence-electron chi connectivity index (χ1n) is 19.8. The Morgan fingerprint density at radius 2 is 0.796 bits per heavy atom. The van der Waals surface area contributed by atoms with Crippen molar-refractivity contribution in [3.63, 3.8) is 0 Å². The zero-order chi connectivity index (χ0) is 42.0. The number of nitrogens with one attached hydrogen (secondary N) is 1. The molecule has 2 fully saturated rings. The number of carbonyl (C=O) groups excluding carboxylic acids is 1. The highest BCUT2D eigenvalue weighted by Crippen LogP contribution is 2.38. The summed E-state index contributed by atoms with van der Waals surface area (Å²) in [5, 5.41) is 3.20. The predicted octanol–water partition coefficient (Wildman–Crippen LogP) is 7.76. The van der Waals surface area contributed by atoms with Gasteiger partial charge in [-0.3, -0.25) is 4.79 Å². The van der Waals surface area contributed by atoms with Crippen LogP contribution in [0.3, 0.4) is 0 Å². The fraction of sp³-hybridized carbons (Fsp3) is 0.971. The summed E-state index contributed by atoms with van der Waals surface area (Å²) in [5.74, 6) is -0.220. The summed E-state index contributed by atoms with van der Waals surface area (Å²) in [6.07, 6.45) is -5.72. The lowest BCUT2D eigenvalue weighted by atomic mass is 9.95. The SMILES string of the molecule is CC(=O)N[C@H]1[C@H](O[C@@H]2[C@H](O[Si](C)(C)C)[C@@H](O[Si](C)(C)C)C(O[Si](C)(C)C)O[C@@H]2CO[Si](C)(C)C)O[C@H](CO[Si](C)(C)C)[C@H](O[Si](C)(C)C)[C@@H]1O[Si](C)(C)C. The number of hydrogen-bond donors (Lipinski definition) is 1. The molecule has 1 amide bonds. The molecule has 0 aromatic rings.